The molecule has 0 atom stereocenters. The van der Waals surface area contributed by atoms with Crippen molar-refractivity contribution in [1.82, 2.24) is 15.1 Å². The van der Waals surface area contributed by atoms with Gasteiger partial charge in [-0.1, -0.05) is 6.07 Å². The van der Waals surface area contributed by atoms with Gasteiger partial charge < -0.3 is 10.4 Å². The zero-order valence-electron chi connectivity index (χ0n) is 15.4. The molecule has 0 fully saturated rings. The zero-order chi connectivity index (χ0) is 20.4. The first kappa shape index (κ1) is 18.9. The maximum atomic E-state index is 12.0. The average molecular weight is 379 g/mol. The topological polar surface area (TPSA) is 129 Å². The predicted molar refractivity (Wildman–Crippen MR) is 101 cm³/mol. The molecule has 9 heteroatoms. The van der Waals surface area contributed by atoms with Gasteiger partial charge >= 0.3 is 5.97 Å². The van der Waals surface area contributed by atoms with E-state index in [4.69, 9.17) is 0 Å². The molecule has 3 rings (SSSR count). The van der Waals surface area contributed by atoms with Crippen LogP contribution in [0.25, 0.3) is 5.52 Å². The molecule has 0 radical (unpaired) electrons. The Morgan fingerprint density at radius 3 is 2.71 bits per heavy atom. The number of benzene rings is 1. The Kier molecular flexibility index (Phi) is 4.98. The van der Waals surface area contributed by atoms with E-state index in [0.29, 0.717) is 28.0 Å². The van der Waals surface area contributed by atoms with Gasteiger partial charge in [-0.3, -0.25) is 9.63 Å². The third-order valence-electron chi connectivity index (χ3n) is 4.36. The number of fused-ring (bicyclic) bond motifs is 1. The van der Waals surface area contributed by atoms with Crippen LogP contribution in [0.1, 0.15) is 37.4 Å². The van der Waals surface area contributed by atoms with E-state index in [0.717, 1.165) is 5.56 Å². The summed E-state index contributed by atoms with van der Waals surface area (Å²) in [4.78, 5) is 28.2. The first-order valence-corrected chi connectivity index (χ1v) is 8.22. The number of amides is 1. The lowest BCUT2D eigenvalue weighted by Crippen LogP contribution is -2.21. The van der Waals surface area contributed by atoms with Gasteiger partial charge in [0.05, 0.1) is 35.6 Å². The summed E-state index contributed by atoms with van der Waals surface area (Å²) in [6, 6.07) is 7.09. The van der Waals surface area contributed by atoms with Crippen LogP contribution in [0.5, 0.6) is 0 Å². The number of nitriles is 1. The molecule has 9 nitrogen and oxygen atoms in total. The van der Waals surface area contributed by atoms with Gasteiger partial charge in [0.25, 0.3) is 5.91 Å². The highest BCUT2D eigenvalue weighted by Gasteiger charge is 2.20. The number of anilines is 2. The second-order valence-electron chi connectivity index (χ2n) is 6.10. The summed E-state index contributed by atoms with van der Waals surface area (Å²) in [6.07, 6.45) is 2.76. The van der Waals surface area contributed by atoms with Crippen molar-refractivity contribution in [3.05, 3.63) is 58.4 Å². The van der Waals surface area contributed by atoms with Crippen LogP contribution in [0, 0.1) is 25.2 Å². The molecule has 0 aliphatic heterocycles. The quantitative estimate of drug-likeness (QED) is 0.581. The van der Waals surface area contributed by atoms with E-state index in [1.807, 2.05) is 6.92 Å². The fraction of sp³-hybridized carbons (Fsp3) is 0.158. The Morgan fingerprint density at radius 2 is 2.07 bits per heavy atom. The molecule has 3 N–H and O–H groups in total. The van der Waals surface area contributed by atoms with Crippen molar-refractivity contribution < 1.29 is 19.5 Å². The maximum absolute atomic E-state index is 12.0. The number of carboxylic acids is 1. The molecule has 142 valence electrons. The van der Waals surface area contributed by atoms with Gasteiger partial charge in [-0.15, -0.1) is 0 Å². The predicted octanol–water partition coefficient (Wildman–Crippen LogP) is 2.56. The lowest BCUT2D eigenvalue weighted by atomic mass is 10.1. The van der Waals surface area contributed by atoms with Crippen LogP contribution < -0.4 is 10.8 Å². The minimum atomic E-state index is -1.08. The minimum Gasteiger partial charge on any atom is -0.478 e. The lowest BCUT2D eigenvalue weighted by Gasteiger charge is -2.14. The van der Waals surface area contributed by atoms with Gasteiger partial charge in [0.15, 0.2) is 0 Å². The second-order valence-corrected chi connectivity index (χ2v) is 6.10. The highest BCUT2D eigenvalue weighted by atomic mass is 16.6. The number of aryl methyl sites for hydroxylation is 2. The van der Waals surface area contributed by atoms with Crippen molar-refractivity contribution in [3.63, 3.8) is 0 Å². The van der Waals surface area contributed by atoms with Crippen LogP contribution in [0.4, 0.5) is 11.4 Å². The molecule has 2 aromatic heterocycles. The Balaban J connectivity index is 2.17. The monoisotopic (exact) mass is 379 g/mol. The fourth-order valence-electron chi connectivity index (χ4n) is 2.90. The molecule has 0 spiro atoms. The number of aromatic nitrogens is 2. The number of aromatic carboxylic acids is 1. The van der Waals surface area contributed by atoms with Crippen molar-refractivity contribution >= 4 is 28.8 Å². The highest BCUT2D eigenvalue weighted by Crippen LogP contribution is 2.31. The third-order valence-corrected chi connectivity index (χ3v) is 4.36. The van der Waals surface area contributed by atoms with Crippen LogP contribution in [-0.2, 0) is 4.84 Å². The number of nitrogens with one attached hydrogen (secondary N) is 2. The summed E-state index contributed by atoms with van der Waals surface area (Å²) in [6.45, 7) is 3.50. The largest absolute Gasteiger partial charge is 0.478 e. The average Bonchev–Trinajstić information content (AvgIpc) is 3.01. The Labute approximate surface area is 160 Å². The number of hydrogen-bond donors (Lipinski definition) is 3. The second kappa shape index (κ2) is 7.38. The summed E-state index contributed by atoms with van der Waals surface area (Å²) in [7, 11) is 1.34. The molecule has 2 heterocycles. The van der Waals surface area contributed by atoms with E-state index in [9.17, 15) is 20.0 Å². The Bertz CT molecular complexity index is 1140. The minimum absolute atomic E-state index is 0.0931. The zero-order valence-corrected chi connectivity index (χ0v) is 15.4. The molecule has 0 aliphatic carbocycles. The molecule has 28 heavy (non-hydrogen) atoms. The lowest BCUT2D eigenvalue weighted by molar-refractivity contribution is 0.0537. The van der Waals surface area contributed by atoms with Crippen molar-refractivity contribution in [2.75, 3.05) is 12.4 Å². The van der Waals surface area contributed by atoms with Crippen LogP contribution >= 0.6 is 0 Å². The molecule has 1 amide bonds. The molecule has 0 saturated carbocycles. The molecule has 1 aromatic carbocycles. The molecule has 0 bridgehead atoms. The number of hydrogen-bond acceptors (Lipinski definition) is 6. The van der Waals surface area contributed by atoms with Crippen molar-refractivity contribution in [3.8, 4) is 6.07 Å². The summed E-state index contributed by atoms with van der Waals surface area (Å²) in [5.41, 5.74) is 5.73. The van der Waals surface area contributed by atoms with E-state index >= 15 is 0 Å². The molecule has 0 saturated heterocycles. The van der Waals surface area contributed by atoms with E-state index in [1.54, 1.807) is 25.1 Å². The van der Waals surface area contributed by atoms with E-state index in [-0.39, 0.29) is 11.1 Å². The number of rotatable bonds is 5. The van der Waals surface area contributed by atoms with Crippen LogP contribution in [0.15, 0.2) is 30.6 Å². The SMILES string of the molecule is CONC(=O)c1ccc(C)c(Nc2c(C#N)cnn3cc(C(=O)O)c(C)c23)c1. The van der Waals surface area contributed by atoms with E-state index in [2.05, 4.69) is 26.8 Å². The van der Waals surface area contributed by atoms with Crippen LogP contribution in [-0.4, -0.2) is 33.7 Å². The van der Waals surface area contributed by atoms with Gasteiger partial charge in [-0.2, -0.15) is 10.4 Å². The fourth-order valence-corrected chi connectivity index (χ4v) is 2.90. The molecular formula is C19H17N5O4. The van der Waals surface area contributed by atoms with Gasteiger partial charge in [0.1, 0.15) is 6.07 Å². The number of carbonyl (C=O) groups excluding carboxylic acids is 1. The van der Waals surface area contributed by atoms with Crippen LogP contribution in [0.3, 0.4) is 0 Å². The molecule has 3 aromatic rings. The maximum Gasteiger partial charge on any atom is 0.337 e. The third kappa shape index (κ3) is 3.24. The summed E-state index contributed by atoms with van der Waals surface area (Å²) in [5, 5.41) is 26.2. The number of nitrogens with zero attached hydrogens (tertiary/aromatic N) is 3. The first-order valence-electron chi connectivity index (χ1n) is 8.22. The summed E-state index contributed by atoms with van der Waals surface area (Å²) < 4.78 is 1.42. The van der Waals surface area contributed by atoms with E-state index in [1.165, 1.54) is 24.0 Å². The summed E-state index contributed by atoms with van der Waals surface area (Å²) >= 11 is 0. The van der Waals surface area contributed by atoms with Gasteiger partial charge in [0.2, 0.25) is 0 Å². The van der Waals surface area contributed by atoms with Crippen molar-refractivity contribution in [1.29, 1.82) is 5.26 Å². The molecular weight excluding hydrogens is 362 g/mol. The van der Waals surface area contributed by atoms with Crippen molar-refractivity contribution in [2.24, 2.45) is 0 Å². The van der Waals surface area contributed by atoms with Gasteiger partial charge in [0, 0.05) is 17.4 Å². The standard InChI is InChI=1S/C19H17N5O4/c1-10-4-5-12(18(25)23-28-3)6-15(10)22-16-13(7-20)8-21-24-9-14(19(26)27)11(2)17(16)24/h4-6,8-9,22H,1-3H3,(H,23,25)(H,26,27). The Hall–Kier alpha value is -3.90. The number of carbonyl (C=O) groups is 2. The molecule has 0 aliphatic rings. The number of carboxylic acid groups (broad SMARTS) is 1. The number of hydroxylamine groups is 1. The van der Waals surface area contributed by atoms with Gasteiger partial charge in [-0.25, -0.2) is 14.8 Å². The normalized spacial score (nSPS) is 10.5. The van der Waals surface area contributed by atoms with E-state index < -0.39 is 11.9 Å². The molecule has 0 unspecified atom stereocenters. The first-order chi connectivity index (χ1) is 13.4. The smallest absolute Gasteiger partial charge is 0.337 e. The van der Waals surface area contributed by atoms with Gasteiger partial charge in [-0.05, 0) is 37.1 Å². The Morgan fingerprint density at radius 1 is 1.32 bits per heavy atom. The van der Waals surface area contributed by atoms with Crippen molar-refractivity contribution in [2.45, 2.75) is 13.8 Å². The van der Waals surface area contributed by atoms with Crippen LogP contribution in [0.2, 0.25) is 0 Å². The highest BCUT2D eigenvalue weighted by molar-refractivity contribution is 5.97. The summed E-state index contributed by atoms with van der Waals surface area (Å²) in [5.74, 6) is -1.50.